The number of halogens is 2. The van der Waals surface area contributed by atoms with Gasteiger partial charge >= 0.3 is 0 Å². The highest BCUT2D eigenvalue weighted by atomic mass is 19.1. The molecule has 1 heterocycles. The highest BCUT2D eigenvalue weighted by molar-refractivity contribution is 5.53. The summed E-state index contributed by atoms with van der Waals surface area (Å²) in [7, 11) is 0. The van der Waals surface area contributed by atoms with Gasteiger partial charge in [-0.15, -0.1) is 0 Å². The molecule has 0 bridgehead atoms. The van der Waals surface area contributed by atoms with Crippen molar-refractivity contribution in [2.75, 3.05) is 0 Å². The molecule has 0 amide bonds. The molecular formula is C27H30F2N2O. The molecule has 1 aromatic carbocycles. The number of aromatic nitrogens is 1. The molecule has 0 saturated heterocycles. The molecule has 0 spiro atoms. The zero-order valence-corrected chi connectivity index (χ0v) is 18.7. The van der Waals surface area contributed by atoms with E-state index in [9.17, 15) is 13.9 Å². The molecule has 3 aliphatic carbocycles. The summed E-state index contributed by atoms with van der Waals surface area (Å²) in [5.41, 5.74) is 1.19. The molecule has 2 saturated carbocycles. The van der Waals surface area contributed by atoms with E-state index >= 15 is 0 Å². The van der Waals surface area contributed by atoms with Crippen molar-refractivity contribution in [1.82, 2.24) is 4.98 Å². The third-order valence-corrected chi connectivity index (χ3v) is 9.25. The fourth-order valence-electron chi connectivity index (χ4n) is 7.65. The predicted octanol–water partition coefficient (Wildman–Crippen LogP) is 6.38. The van der Waals surface area contributed by atoms with Crippen LogP contribution in [0, 0.1) is 41.4 Å². The van der Waals surface area contributed by atoms with Gasteiger partial charge in [0.05, 0.1) is 18.4 Å². The second-order valence-electron chi connectivity index (χ2n) is 10.4. The Bertz CT molecular complexity index is 1100. The van der Waals surface area contributed by atoms with Crippen LogP contribution in [0.5, 0.6) is 0 Å². The minimum Gasteiger partial charge on any atom is -0.389 e. The van der Waals surface area contributed by atoms with Crippen molar-refractivity contribution < 1.29 is 13.9 Å². The van der Waals surface area contributed by atoms with Crippen LogP contribution in [0.2, 0.25) is 0 Å². The Morgan fingerprint density at radius 1 is 1.25 bits per heavy atom. The van der Waals surface area contributed by atoms with Crippen molar-refractivity contribution in [3.05, 3.63) is 70.3 Å². The van der Waals surface area contributed by atoms with E-state index in [-0.39, 0.29) is 28.7 Å². The Balaban J connectivity index is 1.53. The number of nitrogens with zero attached hydrogens (tertiary/aromatic N) is 2. The second kappa shape index (κ2) is 7.63. The van der Waals surface area contributed by atoms with Crippen LogP contribution >= 0.6 is 0 Å². The number of hydrogen-bond acceptors (Lipinski definition) is 2. The van der Waals surface area contributed by atoms with Gasteiger partial charge in [-0.2, -0.15) is 0 Å². The van der Waals surface area contributed by atoms with Crippen LogP contribution in [0.25, 0.3) is 4.85 Å². The Labute approximate surface area is 188 Å². The number of fused-ring (bicyclic) bond motifs is 5. The Kier molecular flexibility index (Phi) is 5.13. The molecule has 1 N–H and O–H groups in total. The van der Waals surface area contributed by atoms with Crippen LogP contribution < -0.4 is 0 Å². The molecule has 6 atom stereocenters. The van der Waals surface area contributed by atoms with Gasteiger partial charge in [-0.25, -0.2) is 13.6 Å². The van der Waals surface area contributed by atoms with Crippen LogP contribution in [0.3, 0.4) is 0 Å². The molecule has 0 radical (unpaired) electrons. The van der Waals surface area contributed by atoms with Crippen LogP contribution in [0.4, 0.5) is 14.5 Å². The third kappa shape index (κ3) is 2.95. The van der Waals surface area contributed by atoms with Gasteiger partial charge < -0.3 is 5.11 Å². The minimum atomic E-state index is -0.961. The first-order valence-electron chi connectivity index (χ1n) is 11.8. The highest BCUT2D eigenvalue weighted by Gasteiger charge is 2.63. The van der Waals surface area contributed by atoms with Gasteiger partial charge in [-0.1, -0.05) is 32.4 Å². The average molecular weight is 437 g/mol. The molecule has 5 heteroatoms. The van der Waals surface area contributed by atoms with Gasteiger partial charge in [0.2, 0.25) is 5.69 Å². The van der Waals surface area contributed by atoms with E-state index in [0.29, 0.717) is 42.6 Å². The standard InChI is InChI=1S/C27H30F2N2O/c1-4-16-13-26(2)21(9-11-27(26,32)14-17-10-12-31-15-22(17)28)20-6-5-19-18(24(16)20)7-8-23(30-3)25(19)29/h7-8,10,12,15-16,20-21,24,32H,4-6,9,11,13-14H2,1-2H3/t16-,20?,21?,24?,26-,27+/m0/s1. The molecule has 0 aliphatic heterocycles. The summed E-state index contributed by atoms with van der Waals surface area (Å²) in [5, 5.41) is 12.0. The number of benzene rings is 1. The van der Waals surface area contributed by atoms with E-state index in [1.807, 2.05) is 6.07 Å². The lowest BCUT2D eigenvalue weighted by atomic mass is 9.49. The first kappa shape index (κ1) is 21.5. The van der Waals surface area contributed by atoms with Crippen LogP contribution in [-0.2, 0) is 12.8 Å². The van der Waals surface area contributed by atoms with E-state index in [2.05, 4.69) is 23.7 Å². The highest BCUT2D eigenvalue weighted by Crippen LogP contribution is 2.67. The van der Waals surface area contributed by atoms with Crippen molar-refractivity contribution >= 4 is 5.69 Å². The fourth-order valence-corrected chi connectivity index (χ4v) is 7.65. The Hall–Kier alpha value is -2.32. The Morgan fingerprint density at radius 3 is 2.78 bits per heavy atom. The fraction of sp³-hybridized carbons (Fsp3) is 0.556. The first-order valence-corrected chi connectivity index (χ1v) is 11.8. The predicted molar refractivity (Wildman–Crippen MR) is 119 cm³/mol. The SMILES string of the molecule is [C-]#[N+]c1ccc2c(c1F)CCC1C2[C@@H](CC)C[C@@]2(C)C1CC[C@@]2(O)Cc1ccncc1F. The molecule has 5 rings (SSSR count). The molecule has 32 heavy (non-hydrogen) atoms. The van der Waals surface area contributed by atoms with Gasteiger partial charge in [0.1, 0.15) is 11.6 Å². The topological polar surface area (TPSA) is 37.5 Å². The molecule has 3 unspecified atom stereocenters. The number of aliphatic hydroxyl groups is 1. The maximum Gasteiger partial charge on any atom is 0.222 e. The van der Waals surface area contributed by atoms with Gasteiger partial charge in [-0.05, 0) is 78.5 Å². The second-order valence-corrected chi connectivity index (χ2v) is 10.4. The van der Waals surface area contributed by atoms with E-state index < -0.39 is 5.60 Å². The summed E-state index contributed by atoms with van der Waals surface area (Å²) in [5.74, 6) is 0.589. The van der Waals surface area contributed by atoms with Crippen molar-refractivity contribution in [3.8, 4) is 0 Å². The third-order valence-electron chi connectivity index (χ3n) is 9.25. The van der Waals surface area contributed by atoms with Gasteiger partial charge in [0.25, 0.3) is 0 Å². The average Bonchev–Trinajstić information content (AvgIpc) is 3.05. The largest absolute Gasteiger partial charge is 0.389 e. The zero-order chi connectivity index (χ0) is 22.7. The van der Waals surface area contributed by atoms with Crippen molar-refractivity contribution in [1.29, 1.82) is 0 Å². The lowest BCUT2D eigenvalue weighted by molar-refractivity contribution is -0.118. The summed E-state index contributed by atoms with van der Waals surface area (Å²) in [4.78, 5) is 7.21. The van der Waals surface area contributed by atoms with Gasteiger partial charge in [0, 0.05) is 18.0 Å². The molecule has 2 aromatic rings. The summed E-state index contributed by atoms with van der Waals surface area (Å²) in [6.45, 7) is 11.6. The zero-order valence-electron chi connectivity index (χ0n) is 18.7. The molecule has 168 valence electrons. The van der Waals surface area contributed by atoms with E-state index in [0.717, 1.165) is 36.8 Å². The van der Waals surface area contributed by atoms with Gasteiger partial charge in [0.15, 0.2) is 0 Å². The van der Waals surface area contributed by atoms with Crippen molar-refractivity contribution in [2.24, 2.45) is 23.2 Å². The Morgan fingerprint density at radius 2 is 2.06 bits per heavy atom. The van der Waals surface area contributed by atoms with Gasteiger partial charge in [-0.3, -0.25) is 4.98 Å². The molecular weight excluding hydrogens is 406 g/mol. The van der Waals surface area contributed by atoms with E-state index in [1.54, 1.807) is 18.3 Å². The molecule has 3 aliphatic rings. The number of hydrogen-bond donors (Lipinski definition) is 1. The summed E-state index contributed by atoms with van der Waals surface area (Å²) < 4.78 is 29.4. The lowest BCUT2D eigenvalue weighted by Gasteiger charge is -2.56. The summed E-state index contributed by atoms with van der Waals surface area (Å²) in [6, 6.07) is 5.31. The smallest absolute Gasteiger partial charge is 0.222 e. The van der Waals surface area contributed by atoms with E-state index in [4.69, 9.17) is 6.57 Å². The summed E-state index contributed by atoms with van der Waals surface area (Å²) in [6.07, 6.45) is 8.03. The van der Waals surface area contributed by atoms with Crippen molar-refractivity contribution in [2.45, 2.75) is 70.3 Å². The minimum absolute atomic E-state index is 0.116. The van der Waals surface area contributed by atoms with Crippen LogP contribution in [0.15, 0.2) is 30.6 Å². The van der Waals surface area contributed by atoms with Crippen LogP contribution in [0.1, 0.15) is 68.6 Å². The van der Waals surface area contributed by atoms with Crippen LogP contribution in [-0.4, -0.2) is 15.7 Å². The number of rotatable bonds is 3. The van der Waals surface area contributed by atoms with Crippen molar-refractivity contribution in [3.63, 3.8) is 0 Å². The molecule has 2 fully saturated rings. The normalized spacial score (nSPS) is 35.5. The molecule has 3 nitrogen and oxygen atoms in total. The number of pyridine rings is 1. The maximum atomic E-state index is 15.0. The monoisotopic (exact) mass is 436 g/mol. The quantitative estimate of drug-likeness (QED) is 0.567. The van der Waals surface area contributed by atoms with E-state index in [1.165, 1.54) is 6.20 Å². The first-order chi connectivity index (χ1) is 15.3. The maximum absolute atomic E-state index is 15.0. The molecule has 1 aromatic heterocycles. The lowest BCUT2D eigenvalue weighted by Crippen LogP contribution is -2.54. The summed E-state index contributed by atoms with van der Waals surface area (Å²) >= 11 is 0.